The van der Waals surface area contributed by atoms with Gasteiger partial charge in [-0.2, -0.15) is 0 Å². The third-order valence-electron chi connectivity index (χ3n) is 7.85. The van der Waals surface area contributed by atoms with E-state index in [9.17, 15) is 15.0 Å². The molecule has 218 valence electrons. The highest BCUT2D eigenvalue weighted by molar-refractivity contribution is 5.67. The van der Waals surface area contributed by atoms with Gasteiger partial charge in [0.15, 0.2) is 0 Å². The Morgan fingerprint density at radius 3 is 2.24 bits per heavy atom. The molecule has 1 aliphatic rings. The van der Waals surface area contributed by atoms with Gasteiger partial charge in [-0.3, -0.25) is 0 Å². The smallest absolute Gasteiger partial charge is 0.329 e. The number of benzene rings is 1. The maximum Gasteiger partial charge on any atom is 0.329 e. The molecule has 1 aromatic rings. The zero-order chi connectivity index (χ0) is 27.8. The highest BCUT2D eigenvalue weighted by Crippen LogP contribution is 2.45. The Bertz CT molecular complexity index is 786. The largest absolute Gasteiger partial charge is 0.508 e. The van der Waals surface area contributed by atoms with Crippen molar-refractivity contribution in [3.05, 3.63) is 29.3 Å². The lowest BCUT2D eigenvalue weighted by Crippen LogP contribution is -2.29. The first-order valence-corrected chi connectivity index (χ1v) is 14.4. The lowest BCUT2D eigenvalue weighted by Gasteiger charge is -2.39. The van der Waals surface area contributed by atoms with Gasteiger partial charge in [0.2, 0.25) is 0 Å². The van der Waals surface area contributed by atoms with Crippen LogP contribution >= 0.6 is 0 Å². The predicted molar refractivity (Wildman–Crippen MR) is 147 cm³/mol. The van der Waals surface area contributed by atoms with Crippen LogP contribution in [-0.4, -0.2) is 80.2 Å². The van der Waals surface area contributed by atoms with Gasteiger partial charge < -0.3 is 34.3 Å². The molecule has 5 atom stereocenters. The minimum absolute atomic E-state index is 0.236. The Labute approximate surface area is 228 Å². The number of fused-ring (bicyclic) bond motifs is 1. The standard InChI is InChI=1S/C30H50O8/c1-4-29(32)22(2)8-10-27-23(3)24(19-25-20-26(31)9-11-28(25)27)7-5-6-12-35-13-14-36-15-16-37-17-18-38-21-30(33)34/h9,11,20,22-24,27,29,31-32H,4-8,10,12-19,21H2,1-3H3,(H,33,34). The fourth-order valence-electron chi connectivity index (χ4n) is 5.46. The number of ether oxygens (including phenoxy) is 4. The van der Waals surface area contributed by atoms with Gasteiger partial charge in [0.05, 0.1) is 45.7 Å². The summed E-state index contributed by atoms with van der Waals surface area (Å²) in [5.41, 5.74) is 2.66. The molecule has 0 aromatic heterocycles. The zero-order valence-corrected chi connectivity index (χ0v) is 23.6. The van der Waals surface area contributed by atoms with E-state index in [2.05, 4.69) is 19.9 Å². The first-order valence-electron chi connectivity index (χ1n) is 14.4. The summed E-state index contributed by atoms with van der Waals surface area (Å²) >= 11 is 0. The second kappa shape index (κ2) is 18.6. The van der Waals surface area contributed by atoms with Gasteiger partial charge >= 0.3 is 5.97 Å². The van der Waals surface area contributed by atoms with Gasteiger partial charge in [0.25, 0.3) is 0 Å². The topological polar surface area (TPSA) is 115 Å². The maximum absolute atomic E-state index is 10.3. The van der Waals surface area contributed by atoms with Crippen molar-refractivity contribution >= 4 is 5.97 Å². The number of aliphatic hydroxyl groups is 1. The predicted octanol–water partition coefficient (Wildman–Crippen LogP) is 4.79. The Kier molecular flexibility index (Phi) is 15.9. The van der Waals surface area contributed by atoms with Crippen molar-refractivity contribution in [1.29, 1.82) is 0 Å². The Morgan fingerprint density at radius 2 is 1.61 bits per heavy atom. The number of hydrogen-bond acceptors (Lipinski definition) is 7. The summed E-state index contributed by atoms with van der Waals surface area (Å²) in [7, 11) is 0. The minimum atomic E-state index is -0.984. The van der Waals surface area contributed by atoms with E-state index < -0.39 is 5.97 Å². The summed E-state index contributed by atoms with van der Waals surface area (Å²) in [5.74, 6) is 1.27. The van der Waals surface area contributed by atoms with E-state index in [4.69, 9.17) is 24.1 Å². The normalized spacial score (nSPS) is 20.7. The molecule has 0 amide bonds. The second-order valence-electron chi connectivity index (χ2n) is 10.6. The number of carboxylic acids is 1. The van der Waals surface area contributed by atoms with Crippen LogP contribution in [0.2, 0.25) is 0 Å². The van der Waals surface area contributed by atoms with E-state index in [1.165, 1.54) is 11.1 Å². The molecule has 0 saturated carbocycles. The Morgan fingerprint density at radius 1 is 0.974 bits per heavy atom. The van der Waals surface area contributed by atoms with Crippen LogP contribution in [0.15, 0.2) is 18.2 Å². The van der Waals surface area contributed by atoms with Crippen molar-refractivity contribution < 1.29 is 39.1 Å². The molecule has 2 rings (SSSR count). The van der Waals surface area contributed by atoms with Gasteiger partial charge in [0, 0.05) is 6.61 Å². The van der Waals surface area contributed by atoms with Crippen molar-refractivity contribution in [3.63, 3.8) is 0 Å². The summed E-state index contributed by atoms with van der Waals surface area (Å²) in [5, 5.41) is 28.8. The minimum Gasteiger partial charge on any atom is -0.508 e. The van der Waals surface area contributed by atoms with E-state index in [1.807, 2.05) is 19.1 Å². The fourth-order valence-corrected chi connectivity index (χ4v) is 5.46. The molecule has 1 aliphatic carbocycles. The van der Waals surface area contributed by atoms with E-state index >= 15 is 0 Å². The summed E-state index contributed by atoms with van der Waals surface area (Å²) in [6.07, 6.45) is 6.93. The number of hydrogen-bond donors (Lipinski definition) is 3. The van der Waals surface area contributed by atoms with Gasteiger partial charge in [-0.15, -0.1) is 0 Å². The van der Waals surface area contributed by atoms with Crippen molar-refractivity contribution in [1.82, 2.24) is 0 Å². The number of carboxylic acid groups (broad SMARTS) is 1. The molecule has 0 radical (unpaired) electrons. The van der Waals surface area contributed by atoms with Crippen molar-refractivity contribution in [2.45, 2.75) is 77.7 Å². The first kappa shape index (κ1) is 32.5. The number of aliphatic hydroxyl groups excluding tert-OH is 1. The van der Waals surface area contributed by atoms with Crippen LogP contribution < -0.4 is 0 Å². The lowest BCUT2D eigenvalue weighted by molar-refractivity contribution is -0.142. The number of carbonyl (C=O) groups is 1. The van der Waals surface area contributed by atoms with Crippen LogP contribution in [0.5, 0.6) is 5.75 Å². The Hall–Kier alpha value is -1.71. The number of unbranched alkanes of at least 4 members (excludes halogenated alkanes) is 1. The molecule has 0 saturated heterocycles. The van der Waals surface area contributed by atoms with E-state index in [0.717, 1.165) is 51.6 Å². The lowest BCUT2D eigenvalue weighted by atomic mass is 9.66. The monoisotopic (exact) mass is 538 g/mol. The molecule has 38 heavy (non-hydrogen) atoms. The van der Waals surface area contributed by atoms with E-state index in [-0.39, 0.29) is 19.3 Å². The highest BCUT2D eigenvalue weighted by atomic mass is 16.6. The number of aromatic hydroxyl groups is 1. The summed E-state index contributed by atoms with van der Waals surface area (Å²) in [6.45, 7) is 9.57. The average molecular weight is 539 g/mol. The maximum atomic E-state index is 10.3. The highest BCUT2D eigenvalue weighted by Gasteiger charge is 2.33. The number of aliphatic carboxylic acids is 1. The number of phenolic OH excluding ortho intramolecular Hbond substituents is 1. The molecule has 0 bridgehead atoms. The van der Waals surface area contributed by atoms with Crippen LogP contribution in [-0.2, 0) is 30.2 Å². The molecule has 5 unspecified atom stereocenters. The van der Waals surface area contributed by atoms with Crippen molar-refractivity contribution in [3.8, 4) is 5.75 Å². The van der Waals surface area contributed by atoms with Crippen molar-refractivity contribution in [2.24, 2.45) is 17.8 Å². The molecule has 8 heteroatoms. The third kappa shape index (κ3) is 12.0. The molecule has 8 nitrogen and oxygen atoms in total. The van der Waals surface area contributed by atoms with Crippen LogP contribution in [0, 0.1) is 17.8 Å². The van der Waals surface area contributed by atoms with Gasteiger partial charge in [-0.1, -0.05) is 33.3 Å². The molecular formula is C30H50O8. The van der Waals surface area contributed by atoms with Gasteiger partial charge in [0.1, 0.15) is 12.4 Å². The molecule has 0 fully saturated rings. The summed E-state index contributed by atoms with van der Waals surface area (Å²) < 4.78 is 21.4. The fraction of sp³-hybridized carbons (Fsp3) is 0.767. The quantitative estimate of drug-likeness (QED) is 0.191. The van der Waals surface area contributed by atoms with E-state index in [1.54, 1.807) is 0 Å². The third-order valence-corrected chi connectivity index (χ3v) is 7.85. The average Bonchev–Trinajstić information content (AvgIpc) is 2.89. The number of phenols is 1. The van der Waals surface area contributed by atoms with Crippen LogP contribution in [0.1, 0.15) is 76.3 Å². The molecule has 0 aliphatic heterocycles. The molecule has 3 N–H and O–H groups in total. The summed E-state index contributed by atoms with van der Waals surface area (Å²) in [4.78, 5) is 10.3. The zero-order valence-electron chi connectivity index (χ0n) is 23.6. The molecule has 0 heterocycles. The van der Waals surface area contributed by atoms with Crippen LogP contribution in [0.4, 0.5) is 0 Å². The van der Waals surface area contributed by atoms with Crippen LogP contribution in [0.25, 0.3) is 0 Å². The van der Waals surface area contributed by atoms with E-state index in [0.29, 0.717) is 62.5 Å². The first-order chi connectivity index (χ1) is 18.3. The van der Waals surface area contributed by atoms with Gasteiger partial charge in [-0.05, 0) is 85.5 Å². The second-order valence-corrected chi connectivity index (χ2v) is 10.6. The molecule has 0 spiro atoms. The molecule has 1 aromatic carbocycles. The Balaban J connectivity index is 1.62. The summed E-state index contributed by atoms with van der Waals surface area (Å²) in [6, 6.07) is 5.88. The SMILES string of the molecule is CCC(O)C(C)CCC1c2ccc(O)cc2CC(CCCCOCCOCCOCCOCC(=O)O)C1C. The van der Waals surface area contributed by atoms with Crippen molar-refractivity contribution in [2.75, 3.05) is 52.9 Å². The molecular weight excluding hydrogens is 488 g/mol. The van der Waals surface area contributed by atoms with Crippen LogP contribution in [0.3, 0.4) is 0 Å². The van der Waals surface area contributed by atoms with Gasteiger partial charge in [-0.25, -0.2) is 4.79 Å². The number of rotatable bonds is 21.